The van der Waals surface area contributed by atoms with Crippen molar-refractivity contribution in [3.8, 4) is 22.3 Å². The van der Waals surface area contributed by atoms with Crippen molar-refractivity contribution in [1.82, 2.24) is 0 Å². The Morgan fingerprint density at radius 1 is 0.567 bits per heavy atom. The van der Waals surface area contributed by atoms with Crippen molar-refractivity contribution in [2.45, 2.75) is 19.3 Å². The second-order valence-electron chi connectivity index (χ2n) is 8.88. The van der Waals surface area contributed by atoms with Gasteiger partial charge in [0.15, 0.2) is 0 Å². The first-order valence-corrected chi connectivity index (χ1v) is 10.5. The fourth-order valence-corrected chi connectivity index (χ4v) is 5.25. The van der Waals surface area contributed by atoms with Gasteiger partial charge < -0.3 is 5.73 Å². The quantitative estimate of drug-likeness (QED) is 0.234. The van der Waals surface area contributed by atoms with Crippen LogP contribution in [0.5, 0.6) is 0 Å². The molecule has 1 aliphatic rings. The highest BCUT2D eigenvalue weighted by Crippen LogP contribution is 2.50. The summed E-state index contributed by atoms with van der Waals surface area (Å²) in [6, 6.07) is 32.9. The zero-order valence-corrected chi connectivity index (χ0v) is 17.2. The molecule has 0 spiro atoms. The zero-order valence-electron chi connectivity index (χ0n) is 17.2. The minimum atomic E-state index is -0.00916. The van der Waals surface area contributed by atoms with Gasteiger partial charge in [0, 0.05) is 11.1 Å². The Kier molecular flexibility index (Phi) is 3.44. The lowest BCUT2D eigenvalue weighted by Crippen LogP contribution is -2.14. The lowest BCUT2D eigenvalue weighted by Gasteiger charge is -2.22. The van der Waals surface area contributed by atoms with Crippen molar-refractivity contribution < 1.29 is 0 Å². The first kappa shape index (κ1) is 17.3. The van der Waals surface area contributed by atoms with Crippen LogP contribution in [0.3, 0.4) is 0 Å². The van der Waals surface area contributed by atoms with Gasteiger partial charge in [-0.25, -0.2) is 0 Å². The Morgan fingerprint density at radius 2 is 1.33 bits per heavy atom. The highest BCUT2D eigenvalue weighted by Gasteiger charge is 2.35. The molecule has 0 saturated carbocycles. The van der Waals surface area contributed by atoms with Crippen LogP contribution >= 0.6 is 0 Å². The largest absolute Gasteiger partial charge is 0.399 e. The van der Waals surface area contributed by atoms with E-state index in [-0.39, 0.29) is 5.41 Å². The number of nitrogens with two attached hydrogens (primary N) is 1. The Labute approximate surface area is 176 Å². The van der Waals surface area contributed by atoms with Gasteiger partial charge in [-0.15, -0.1) is 0 Å². The van der Waals surface area contributed by atoms with Gasteiger partial charge in [-0.1, -0.05) is 86.6 Å². The van der Waals surface area contributed by atoms with E-state index in [1.807, 2.05) is 0 Å². The Morgan fingerprint density at radius 3 is 2.23 bits per heavy atom. The van der Waals surface area contributed by atoms with E-state index < -0.39 is 0 Å². The molecule has 6 rings (SSSR count). The summed E-state index contributed by atoms with van der Waals surface area (Å²) in [5, 5.41) is 4.95. The number of anilines is 1. The summed E-state index contributed by atoms with van der Waals surface area (Å²) >= 11 is 0. The molecule has 5 aromatic rings. The van der Waals surface area contributed by atoms with Crippen LogP contribution in [0.2, 0.25) is 0 Å². The molecule has 5 aromatic carbocycles. The molecule has 0 heterocycles. The van der Waals surface area contributed by atoms with Gasteiger partial charge >= 0.3 is 0 Å². The molecule has 0 amide bonds. The fraction of sp³-hybridized carbons (Fsp3) is 0.103. The third-order valence-electron chi connectivity index (χ3n) is 6.78. The first-order valence-electron chi connectivity index (χ1n) is 10.5. The van der Waals surface area contributed by atoms with E-state index in [0.717, 1.165) is 5.69 Å². The molecule has 0 unspecified atom stereocenters. The van der Waals surface area contributed by atoms with Gasteiger partial charge in [0.1, 0.15) is 0 Å². The lowest BCUT2D eigenvalue weighted by molar-refractivity contribution is 0.660. The normalized spacial score (nSPS) is 14.1. The lowest BCUT2D eigenvalue weighted by atomic mass is 9.81. The predicted molar refractivity (Wildman–Crippen MR) is 129 cm³/mol. The Bertz CT molecular complexity index is 1470. The summed E-state index contributed by atoms with van der Waals surface area (Å²) in [4.78, 5) is 0. The summed E-state index contributed by atoms with van der Waals surface area (Å²) in [6.07, 6.45) is 0. The maximum Gasteiger partial charge on any atom is 0.0326 e. The molecular formula is C29H23N. The predicted octanol–water partition coefficient (Wildman–Crippen LogP) is 7.55. The van der Waals surface area contributed by atoms with Gasteiger partial charge in [-0.3, -0.25) is 0 Å². The second kappa shape index (κ2) is 5.96. The third kappa shape index (κ3) is 2.29. The van der Waals surface area contributed by atoms with E-state index in [2.05, 4.69) is 105 Å². The zero-order chi connectivity index (χ0) is 20.5. The molecule has 0 saturated heterocycles. The van der Waals surface area contributed by atoms with Gasteiger partial charge in [0.2, 0.25) is 0 Å². The monoisotopic (exact) mass is 385 g/mol. The average molecular weight is 386 g/mol. The van der Waals surface area contributed by atoms with Crippen LogP contribution in [0.25, 0.3) is 43.8 Å². The average Bonchev–Trinajstić information content (AvgIpc) is 3.00. The van der Waals surface area contributed by atoms with Gasteiger partial charge in [0.25, 0.3) is 0 Å². The van der Waals surface area contributed by atoms with Crippen molar-refractivity contribution in [2.75, 3.05) is 5.73 Å². The molecule has 30 heavy (non-hydrogen) atoms. The standard InChI is InChI=1S/C29H23N/c1-29(2)27-10-6-5-9-23(27)24-14-12-19(15-28(24)29)25-16-20(30)17-26-21-8-4-3-7-18(21)11-13-22(25)26/h3-17H,30H2,1-2H3. The SMILES string of the molecule is CC1(C)c2ccccc2-c2ccc(-c3cc(N)cc4c3ccc3ccccc34)cc21. The number of benzene rings is 5. The highest BCUT2D eigenvalue weighted by molar-refractivity contribution is 6.13. The molecule has 0 atom stereocenters. The van der Waals surface area contributed by atoms with E-state index in [4.69, 9.17) is 5.73 Å². The van der Waals surface area contributed by atoms with Gasteiger partial charge in [-0.05, 0) is 73.1 Å². The molecule has 0 fully saturated rings. The minimum absolute atomic E-state index is 0.00916. The summed E-state index contributed by atoms with van der Waals surface area (Å²) in [5.41, 5.74) is 15.1. The molecular weight excluding hydrogens is 362 g/mol. The van der Waals surface area contributed by atoms with E-state index in [0.29, 0.717) is 0 Å². The summed E-state index contributed by atoms with van der Waals surface area (Å²) in [7, 11) is 0. The maximum absolute atomic E-state index is 6.39. The van der Waals surface area contributed by atoms with Crippen LogP contribution in [-0.4, -0.2) is 0 Å². The number of rotatable bonds is 1. The van der Waals surface area contributed by atoms with Crippen LogP contribution in [0.1, 0.15) is 25.0 Å². The molecule has 1 aliphatic carbocycles. The van der Waals surface area contributed by atoms with Crippen LogP contribution < -0.4 is 5.73 Å². The highest BCUT2D eigenvalue weighted by atomic mass is 14.5. The van der Waals surface area contributed by atoms with E-state index in [9.17, 15) is 0 Å². The van der Waals surface area contributed by atoms with Crippen molar-refractivity contribution in [3.63, 3.8) is 0 Å². The molecule has 0 bridgehead atoms. The van der Waals surface area contributed by atoms with Crippen LogP contribution in [-0.2, 0) is 5.41 Å². The van der Waals surface area contributed by atoms with E-state index in [1.54, 1.807) is 0 Å². The molecule has 1 nitrogen and oxygen atoms in total. The summed E-state index contributed by atoms with van der Waals surface area (Å²) in [6.45, 7) is 4.65. The molecule has 0 aliphatic heterocycles. The van der Waals surface area contributed by atoms with E-state index >= 15 is 0 Å². The number of hydrogen-bond acceptors (Lipinski definition) is 1. The van der Waals surface area contributed by atoms with Crippen molar-refractivity contribution in [3.05, 3.63) is 102 Å². The van der Waals surface area contributed by atoms with Crippen molar-refractivity contribution in [1.29, 1.82) is 0 Å². The minimum Gasteiger partial charge on any atom is -0.399 e. The Hall–Kier alpha value is -3.58. The first-order chi connectivity index (χ1) is 14.5. The summed E-state index contributed by atoms with van der Waals surface area (Å²) < 4.78 is 0. The van der Waals surface area contributed by atoms with Crippen molar-refractivity contribution in [2.24, 2.45) is 0 Å². The molecule has 0 radical (unpaired) electrons. The van der Waals surface area contributed by atoms with Gasteiger partial charge in [0.05, 0.1) is 0 Å². The van der Waals surface area contributed by atoms with E-state index in [1.165, 1.54) is 54.9 Å². The molecule has 0 aromatic heterocycles. The van der Waals surface area contributed by atoms with Crippen molar-refractivity contribution >= 4 is 27.2 Å². The Balaban J connectivity index is 1.63. The smallest absolute Gasteiger partial charge is 0.0326 e. The molecule has 2 N–H and O–H groups in total. The number of fused-ring (bicyclic) bond motifs is 6. The third-order valence-corrected chi connectivity index (χ3v) is 6.78. The fourth-order valence-electron chi connectivity index (χ4n) is 5.25. The van der Waals surface area contributed by atoms with Crippen LogP contribution in [0, 0.1) is 0 Å². The maximum atomic E-state index is 6.39. The topological polar surface area (TPSA) is 26.0 Å². The summed E-state index contributed by atoms with van der Waals surface area (Å²) in [5.74, 6) is 0. The molecule has 1 heteroatoms. The second-order valence-corrected chi connectivity index (χ2v) is 8.88. The van der Waals surface area contributed by atoms with Crippen LogP contribution in [0.4, 0.5) is 5.69 Å². The number of nitrogen functional groups attached to an aromatic ring is 1. The molecule has 144 valence electrons. The van der Waals surface area contributed by atoms with Crippen LogP contribution in [0.15, 0.2) is 91.0 Å². The number of hydrogen-bond donors (Lipinski definition) is 1. The van der Waals surface area contributed by atoms with Gasteiger partial charge in [-0.2, -0.15) is 0 Å².